The summed E-state index contributed by atoms with van der Waals surface area (Å²) in [6.45, 7) is 2.08. The van der Waals surface area contributed by atoms with Gasteiger partial charge in [-0.1, -0.05) is 6.07 Å². The number of nitrogens with two attached hydrogens (primary N) is 1. The maximum absolute atomic E-state index is 5.59. The fourth-order valence-corrected chi connectivity index (χ4v) is 1.37. The van der Waals surface area contributed by atoms with Crippen LogP contribution in [0, 0.1) is 6.92 Å². The van der Waals surface area contributed by atoms with Crippen LogP contribution in [0.4, 0.5) is 11.4 Å². The zero-order chi connectivity index (χ0) is 11.4. The van der Waals surface area contributed by atoms with Gasteiger partial charge in [0.15, 0.2) is 5.96 Å². The van der Waals surface area contributed by atoms with Crippen LogP contribution in [-0.4, -0.2) is 27.1 Å². The summed E-state index contributed by atoms with van der Waals surface area (Å²) in [6.07, 6.45) is 0. The summed E-state index contributed by atoms with van der Waals surface area (Å²) < 4.78 is 0. The molecule has 3 N–H and O–H groups in total. The molecule has 0 unspecified atom stereocenters. The highest BCUT2D eigenvalue weighted by Gasteiger charge is 2.02. The maximum atomic E-state index is 5.59. The van der Waals surface area contributed by atoms with E-state index in [1.807, 2.05) is 26.2 Å². The fourth-order valence-electron chi connectivity index (χ4n) is 1.37. The van der Waals surface area contributed by atoms with E-state index in [1.54, 1.807) is 7.05 Å². The third-order valence-corrected chi connectivity index (χ3v) is 2.20. The number of nitrogens with one attached hydrogen (secondary N) is 1. The van der Waals surface area contributed by atoms with Gasteiger partial charge in [-0.05, 0) is 24.6 Å². The van der Waals surface area contributed by atoms with E-state index in [4.69, 9.17) is 5.73 Å². The summed E-state index contributed by atoms with van der Waals surface area (Å²) >= 11 is 0. The number of benzene rings is 1. The Kier molecular flexibility index (Phi) is 3.55. The second-order valence-corrected chi connectivity index (χ2v) is 3.63. The van der Waals surface area contributed by atoms with Gasteiger partial charge in [-0.15, -0.1) is 0 Å². The first-order valence-electron chi connectivity index (χ1n) is 4.82. The largest absolute Gasteiger partial charge is 0.377 e. The topological polar surface area (TPSA) is 53.6 Å². The van der Waals surface area contributed by atoms with Crippen molar-refractivity contribution in [2.75, 3.05) is 31.4 Å². The average molecular weight is 206 g/mol. The standard InChI is InChI=1S/C11H18N4/c1-8-5-6-9(14-11(12)13-2)7-10(8)15(3)4/h5-7H,1-4H3,(H3,12,13,14). The molecule has 0 spiro atoms. The molecule has 1 aromatic rings. The fraction of sp³-hybridized carbons (Fsp3) is 0.364. The smallest absolute Gasteiger partial charge is 0.192 e. The summed E-state index contributed by atoms with van der Waals surface area (Å²) in [4.78, 5) is 5.92. The SMILES string of the molecule is CN=C(N)Nc1ccc(C)c(N(C)C)c1. The quantitative estimate of drug-likeness (QED) is 0.568. The van der Waals surface area contributed by atoms with Crippen molar-refractivity contribution in [2.45, 2.75) is 6.92 Å². The summed E-state index contributed by atoms with van der Waals surface area (Å²) in [7, 11) is 5.69. The van der Waals surface area contributed by atoms with E-state index in [1.165, 1.54) is 11.3 Å². The second kappa shape index (κ2) is 4.68. The van der Waals surface area contributed by atoms with Crippen LogP contribution in [0.3, 0.4) is 0 Å². The lowest BCUT2D eigenvalue weighted by Gasteiger charge is -2.17. The molecule has 15 heavy (non-hydrogen) atoms. The predicted molar refractivity (Wildman–Crippen MR) is 66.7 cm³/mol. The normalized spacial score (nSPS) is 11.3. The van der Waals surface area contributed by atoms with Gasteiger partial charge in [-0.2, -0.15) is 0 Å². The lowest BCUT2D eigenvalue weighted by molar-refractivity contribution is 1.11. The molecule has 0 amide bonds. The number of anilines is 2. The highest BCUT2D eigenvalue weighted by Crippen LogP contribution is 2.22. The molecule has 1 rings (SSSR count). The minimum Gasteiger partial charge on any atom is -0.377 e. The number of rotatable bonds is 2. The maximum Gasteiger partial charge on any atom is 0.192 e. The molecule has 0 aromatic heterocycles. The van der Waals surface area contributed by atoms with Crippen LogP contribution < -0.4 is 16.0 Å². The van der Waals surface area contributed by atoms with E-state index in [9.17, 15) is 0 Å². The van der Waals surface area contributed by atoms with Crippen LogP contribution in [-0.2, 0) is 0 Å². The van der Waals surface area contributed by atoms with Crippen molar-refractivity contribution in [3.05, 3.63) is 23.8 Å². The van der Waals surface area contributed by atoms with Crippen molar-refractivity contribution in [3.63, 3.8) is 0 Å². The van der Waals surface area contributed by atoms with Crippen molar-refractivity contribution >= 4 is 17.3 Å². The molecule has 0 saturated carbocycles. The minimum absolute atomic E-state index is 0.420. The zero-order valence-corrected chi connectivity index (χ0v) is 9.70. The van der Waals surface area contributed by atoms with Crippen LogP contribution in [0.5, 0.6) is 0 Å². The van der Waals surface area contributed by atoms with Gasteiger partial charge in [0, 0.05) is 32.5 Å². The Balaban J connectivity index is 2.97. The molecule has 1 aromatic carbocycles. The minimum atomic E-state index is 0.420. The van der Waals surface area contributed by atoms with E-state index >= 15 is 0 Å². The van der Waals surface area contributed by atoms with E-state index < -0.39 is 0 Å². The Morgan fingerprint density at radius 2 is 2.07 bits per heavy atom. The monoisotopic (exact) mass is 206 g/mol. The Labute approximate surface area is 90.8 Å². The lowest BCUT2D eigenvalue weighted by Crippen LogP contribution is -2.22. The molecule has 0 fully saturated rings. The Hall–Kier alpha value is -1.71. The number of nitrogens with zero attached hydrogens (tertiary/aromatic N) is 2. The molecule has 0 bridgehead atoms. The van der Waals surface area contributed by atoms with Crippen LogP contribution in [0.15, 0.2) is 23.2 Å². The van der Waals surface area contributed by atoms with Gasteiger partial charge in [0.2, 0.25) is 0 Å². The molecule has 0 radical (unpaired) electrons. The molecule has 0 aliphatic heterocycles. The molecule has 82 valence electrons. The van der Waals surface area contributed by atoms with Gasteiger partial charge in [0.05, 0.1) is 0 Å². The van der Waals surface area contributed by atoms with Gasteiger partial charge in [0.1, 0.15) is 0 Å². The van der Waals surface area contributed by atoms with E-state index in [2.05, 4.69) is 28.2 Å². The first-order valence-corrected chi connectivity index (χ1v) is 4.82. The molecule has 4 heteroatoms. The van der Waals surface area contributed by atoms with Crippen LogP contribution >= 0.6 is 0 Å². The number of aliphatic imine (C=N–C) groups is 1. The lowest BCUT2D eigenvalue weighted by atomic mass is 10.1. The molecular weight excluding hydrogens is 188 g/mol. The van der Waals surface area contributed by atoms with E-state index in [0.29, 0.717) is 5.96 Å². The molecule has 0 atom stereocenters. The highest BCUT2D eigenvalue weighted by atomic mass is 15.1. The Bertz CT molecular complexity index is 369. The number of hydrogen-bond donors (Lipinski definition) is 2. The predicted octanol–water partition coefficient (Wildman–Crippen LogP) is 1.42. The average Bonchev–Trinajstić information content (AvgIpc) is 2.20. The number of hydrogen-bond acceptors (Lipinski definition) is 2. The highest BCUT2D eigenvalue weighted by molar-refractivity contribution is 5.92. The number of guanidine groups is 1. The van der Waals surface area contributed by atoms with Gasteiger partial charge in [-0.3, -0.25) is 4.99 Å². The summed E-state index contributed by atoms with van der Waals surface area (Å²) in [5.74, 6) is 0.420. The Morgan fingerprint density at radius 3 is 2.60 bits per heavy atom. The van der Waals surface area contributed by atoms with Crippen LogP contribution in [0.2, 0.25) is 0 Å². The number of aryl methyl sites for hydroxylation is 1. The zero-order valence-electron chi connectivity index (χ0n) is 9.70. The van der Waals surface area contributed by atoms with Crippen molar-refractivity contribution in [3.8, 4) is 0 Å². The van der Waals surface area contributed by atoms with Crippen molar-refractivity contribution in [1.29, 1.82) is 0 Å². The van der Waals surface area contributed by atoms with Gasteiger partial charge >= 0.3 is 0 Å². The van der Waals surface area contributed by atoms with Crippen molar-refractivity contribution in [1.82, 2.24) is 0 Å². The van der Waals surface area contributed by atoms with Crippen molar-refractivity contribution < 1.29 is 0 Å². The first kappa shape index (κ1) is 11.4. The summed E-state index contributed by atoms with van der Waals surface area (Å²) in [5.41, 5.74) is 8.95. The van der Waals surface area contributed by atoms with Crippen LogP contribution in [0.1, 0.15) is 5.56 Å². The van der Waals surface area contributed by atoms with Crippen molar-refractivity contribution in [2.24, 2.45) is 10.7 Å². The van der Waals surface area contributed by atoms with Gasteiger partial charge in [-0.25, -0.2) is 0 Å². The first-order chi connectivity index (χ1) is 7.04. The second-order valence-electron chi connectivity index (χ2n) is 3.63. The van der Waals surface area contributed by atoms with Gasteiger partial charge < -0.3 is 16.0 Å². The third-order valence-electron chi connectivity index (χ3n) is 2.20. The molecular formula is C11H18N4. The molecule has 0 saturated heterocycles. The van der Waals surface area contributed by atoms with E-state index in [-0.39, 0.29) is 0 Å². The molecule has 0 aliphatic rings. The summed E-state index contributed by atoms with van der Waals surface area (Å²) in [6, 6.07) is 6.09. The molecule has 0 heterocycles. The van der Waals surface area contributed by atoms with Crippen LogP contribution in [0.25, 0.3) is 0 Å². The molecule has 0 aliphatic carbocycles. The third kappa shape index (κ3) is 2.87. The Morgan fingerprint density at radius 1 is 1.40 bits per heavy atom. The summed E-state index contributed by atoms with van der Waals surface area (Å²) in [5, 5.41) is 3.02. The van der Waals surface area contributed by atoms with E-state index in [0.717, 1.165) is 5.69 Å². The van der Waals surface area contributed by atoms with Gasteiger partial charge in [0.25, 0.3) is 0 Å². The molecule has 4 nitrogen and oxygen atoms in total.